The molecule has 1 aliphatic heterocycles. The van der Waals surface area contributed by atoms with Crippen LogP contribution in [0, 0.1) is 5.92 Å². The SMILES string of the molecule is CCCCC[C@H]1[C@H](c2ccccc2)[NH+](C)[C@H](c2ccccc2)C[C@]1(O)CCCC. The summed E-state index contributed by atoms with van der Waals surface area (Å²) in [6.07, 6.45) is 8.83. The van der Waals surface area contributed by atoms with Crippen molar-refractivity contribution in [3.05, 3.63) is 71.8 Å². The van der Waals surface area contributed by atoms with E-state index in [0.29, 0.717) is 18.0 Å². The van der Waals surface area contributed by atoms with Crippen LogP contribution in [-0.4, -0.2) is 17.8 Å². The lowest BCUT2D eigenvalue weighted by Crippen LogP contribution is -3.12. The molecule has 2 nitrogen and oxygen atoms in total. The van der Waals surface area contributed by atoms with Crippen molar-refractivity contribution in [2.75, 3.05) is 7.05 Å². The van der Waals surface area contributed by atoms with E-state index in [2.05, 4.69) is 81.6 Å². The molecule has 2 heteroatoms. The Morgan fingerprint density at radius 1 is 0.862 bits per heavy atom. The lowest BCUT2D eigenvalue weighted by molar-refractivity contribution is -0.957. The Bertz CT molecular complexity index is 716. The van der Waals surface area contributed by atoms with Crippen LogP contribution in [0.4, 0.5) is 0 Å². The van der Waals surface area contributed by atoms with Crippen LogP contribution in [0.5, 0.6) is 0 Å². The number of rotatable bonds is 9. The fraction of sp³-hybridized carbons (Fsp3) is 0.556. The number of benzene rings is 2. The molecule has 5 atom stereocenters. The van der Waals surface area contributed by atoms with Crippen LogP contribution in [0.15, 0.2) is 60.7 Å². The molecule has 1 heterocycles. The van der Waals surface area contributed by atoms with Crippen molar-refractivity contribution >= 4 is 0 Å². The number of unbranched alkanes of at least 4 members (excludes halogenated alkanes) is 3. The molecule has 0 amide bonds. The van der Waals surface area contributed by atoms with Gasteiger partial charge in [0, 0.05) is 23.5 Å². The maximum absolute atomic E-state index is 12.1. The van der Waals surface area contributed by atoms with Crippen LogP contribution in [0.1, 0.15) is 88.4 Å². The molecule has 1 saturated heterocycles. The average molecular weight is 395 g/mol. The number of quaternary nitrogens is 1. The second-order valence-corrected chi connectivity index (χ2v) is 9.11. The lowest BCUT2D eigenvalue weighted by Gasteiger charge is -2.51. The highest BCUT2D eigenvalue weighted by Crippen LogP contribution is 2.45. The normalized spacial score (nSPS) is 29.7. The van der Waals surface area contributed by atoms with Gasteiger partial charge in [0.1, 0.15) is 12.1 Å². The number of likely N-dealkylation sites (tertiary alicyclic amines) is 1. The van der Waals surface area contributed by atoms with Crippen molar-refractivity contribution in [2.24, 2.45) is 5.92 Å². The summed E-state index contributed by atoms with van der Waals surface area (Å²) in [6.45, 7) is 4.50. The van der Waals surface area contributed by atoms with Crippen molar-refractivity contribution < 1.29 is 10.0 Å². The first-order valence-corrected chi connectivity index (χ1v) is 11.8. The van der Waals surface area contributed by atoms with E-state index < -0.39 is 5.60 Å². The first-order chi connectivity index (χ1) is 14.1. The second kappa shape index (κ2) is 10.4. The van der Waals surface area contributed by atoms with Crippen molar-refractivity contribution in [3.63, 3.8) is 0 Å². The molecule has 29 heavy (non-hydrogen) atoms. The van der Waals surface area contributed by atoms with E-state index in [1.54, 1.807) is 0 Å². The van der Waals surface area contributed by atoms with Crippen LogP contribution in [0.3, 0.4) is 0 Å². The van der Waals surface area contributed by atoms with E-state index in [4.69, 9.17) is 0 Å². The van der Waals surface area contributed by atoms with Gasteiger partial charge in [0.2, 0.25) is 0 Å². The average Bonchev–Trinajstić information content (AvgIpc) is 2.76. The number of hydrogen-bond donors (Lipinski definition) is 2. The third-order valence-electron chi connectivity index (χ3n) is 7.13. The summed E-state index contributed by atoms with van der Waals surface area (Å²) in [5.41, 5.74) is 2.14. The number of aliphatic hydroxyl groups is 1. The summed E-state index contributed by atoms with van der Waals surface area (Å²) in [5, 5.41) is 12.1. The lowest BCUT2D eigenvalue weighted by atomic mass is 9.66. The first kappa shape index (κ1) is 22.1. The Kier molecular flexibility index (Phi) is 7.91. The summed E-state index contributed by atoms with van der Waals surface area (Å²) >= 11 is 0. The van der Waals surface area contributed by atoms with Gasteiger partial charge in [0.25, 0.3) is 0 Å². The monoisotopic (exact) mass is 394 g/mol. The van der Waals surface area contributed by atoms with E-state index >= 15 is 0 Å². The Labute approximate surface area is 178 Å². The third kappa shape index (κ3) is 5.10. The van der Waals surface area contributed by atoms with Crippen LogP contribution >= 0.6 is 0 Å². The molecule has 0 saturated carbocycles. The molecule has 0 radical (unpaired) electrons. The molecule has 2 aromatic carbocycles. The predicted octanol–water partition coefficient (Wildman–Crippen LogP) is 5.51. The van der Waals surface area contributed by atoms with Gasteiger partial charge in [-0.1, -0.05) is 107 Å². The number of nitrogens with one attached hydrogen (secondary N) is 1. The molecule has 3 rings (SSSR count). The van der Waals surface area contributed by atoms with Gasteiger partial charge in [-0.15, -0.1) is 0 Å². The maximum Gasteiger partial charge on any atom is 0.119 e. The molecule has 1 aliphatic rings. The van der Waals surface area contributed by atoms with Gasteiger partial charge in [-0.2, -0.15) is 0 Å². The second-order valence-electron chi connectivity index (χ2n) is 9.11. The van der Waals surface area contributed by atoms with Gasteiger partial charge >= 0.3 is 0 Å². The van der Waals surface area contributed by atoms with Gasteiger partial charge in [0.15, 0.2) is 0 Å². The fourth-order valence-electron chi connectivity index (χ4n) is 5.55. The minimum absolute atomic E-state index is 0.308. The summed E-state index contributed by atoms with van der Waals surface area (Å²) < 4.78 is 0. The van der Waals surface area contributed by atoms with E-state index in [9.17, 15) is 5.11 Å². The van der Waals surface area contributed by atoms with E-state index in [1.165, 1.54) is 35.3 Å². The van der Waals surface area contributed by atoms with Crippen LogP contribution in [-0.2, 0) is 0 Å². The smallest absolute Gasteiger partial charge is 0.119 e. The zero-order valence-electron chi connectivity index (χ0n) is 18.6. The van der Waals surface area contributed by atoms with Crippen molar-refractivity contribution in [1.82, 2.24) is 0 Å². The first-order valence-electron chi connectivity index (χ1n) is 11.8. The molecular weight excluding hydrogens is 354 g/mol. The minimum atomic E-state index is -0.593. The number of hydrogen-bond acceptors (Lipinski definition) is 1. The Morgan fingerprint density at radius 3 is 2.03 bits per heavy atom. The minimum Gasteiger partial charge on any atom is -0.389 e. The van der Waals surface area contributed by atoms with E-state index in [1.807, 2.05) is 0 Å². The molecule has 158 valence electrons. The molecule has 0 aliphatic carbocycles. The van der Waals surface area contributed by atoms with E-state index in [-0.39, 0.29) is 0 Å². The standard InChI is InChI=1S/C27H39NO/c1-4-6-10-19-24-26(23-17-13-9-14-18-23)28(3)25(22-15-11-8-12-16-22)21-27(24,29)20-7-5-2/h8-9,11-18,24-26,29H,4-7,10,19-21H2,1-3H3/p+1/t24-,25-,26-,27+/m0/s1. The third-order valence-corrected chi connectivity index (χ3v) is 7.13. The molecular formula is C27H40NO+. The zero-order chi connectivity index (χ0) is 20.7. The van der Waals surface area contributed by atoms with Gasteiger partial charge in [-0.05, 0) is 12.8 Å². The molecule has 1 unspecified atom stereocenters. The summed E-state index contributed by atoms with van der Waals surface area (Å²) in [6, 6.07) is 22.5. The summed E-state index contributed by atoms with van der Waals surface area (Å²) in [5.74, 6) is 0.308. The molecule has 2 aromatic rings. The Morgan fingerprint density at radius 2 is 1.45 bits per heavy atom. The quantitative estimate of drug-likeness (QED) is 0.539. The molecule has 1 fully saturated rings. The van der Waals surface area contributed by atoms with Gasteiger partial charge in [0.05, 0.1) is 12.6 Å². The molecule has 2 N–H and O–H groups in total. The molecule has 0 spiro atoms. The maximum atomic E-state index is 12.1. The van der Waals surface area contributed by atoms with Gasteiger partial charge in [-0.25, -0.2) is 0 Å². The molecule has 0 aromatic heterocycles. The topological polar surface area (TPSA) is 24.7 Å². The van der Waals surface area contributed by atoms with Crippen molar-refractivity contribution in [3.8, 4) is 0 Å². The van der Waals surface area contributed by atoms with Crippen molar-refractivity contribution in [2.45, 2.75) is 82.9 Å². The number of piperidine rings is 1. The highest BCUT2D eigenvalue weighted by atomic mass is 16.3. The van der Waals surface area contributed by atoms with E-state index in [0.717, 1.165) is 32.1 Å². The molecule has 0 bridgehead atoms. The largest absolute Gasteiger partial charge is 0.389 e. The van der Waals surface area contributed by atoms with Gasteiger partial charge in [-0.3, -0.25) is 0 Å². The zero-order valence-corrected chi connectivity index (χ0v) is 18.6. The Hall–Kier alpha value is -1.64. The summed E-state index contributed by atoms with van der Waals surface area (Å²) in [4.78, 5) is 1.53. The highest BCUT2D eigenvalue weighted by Gasteiger charge is 2.53. The van der Waals surface area contributed by atoms with Gasteiger partial charge < -0.3 is 10.0 Å². The van der Waals surface area contributed by atoms with Crippen LogP contribution < -0.4 is 4.90 Å². The van der Waals surface area contributed by atoms with Crippen LogP contribution in [0.2, 0.25) is 0 Å². The summed E-state index contributed by atoms with van der Waals surface area (Å²) in [7, 11) is 2.35. The van der Waals surface area contributed by atoms with Crippen molar-refractivity contribution in [1.29, 1.82) is 0 Å². The Balaban J connectivity index is 2.02. The van der Waals surface area contributed by atoms with Crippen LogP contribution in [0.25, 0.3) is 0 Å². The fourth-order valence-corrected chi connectivity index (χ4v) is 5.55. The highest BCUT2D eigenvalue weighted by molar-refractivity contribution is 5.23. The predicted molar refractivity (Wildman–Crippen MR) is 122 cm³/mol.